The van der Waals surface area contributed by atoms with Gasteiger partial charge in [0.25, 0.3) is 0 Å². The Bertz CT molecular complexity index is 546. The molecule has 112 valence electrons. The molecule has 2 unspecified atom stereocenters. The second kappa shape index (κ2) is 7.14. The summed E-state index contributed by atoms with van der Waals surface area (Å²) >= 11 is 0. The van der Waals surface area contributed by atoms with E-state index in [1.54, 1.807) is 14.2 Å². The van der Waals surface area contributed by atoms with Gasteiger partial charge in [-0.2, -0.15) is 0 Å². The van der Waals surface area contributed by atoms with E-state index in [2.05, 4.69) is 31.2 Å². The molecule has 0 fully saturated rings. The fraction of sp³-hybridized carbons (Fsp3) is 0.333. The first-order valence-electron chi connectivity index (χ1n) is 7.23. The molecule has 0 aromatic heterocycles. The van der Waals surface area contributed by atoms with E-state index >= 15 is 0 Å². The third-order valence-corrected chi connectivity index (χ3v) is 3.86. The predicted octanol–water partition coefficient (Wildman–Crippen LogP) is 3.90. The summed E-state index contributed by atoms with van der Waals surface area (Å²) in [7, 11) is 3.30. The Morgan fingerprint density at radius 1 is 0.905 bits per heavy atom. The molecule has 0 saturated heterocycles. The van der Waals surface area contributed by atoms with Crippen LogP contribution in [-0.4, -0.2) is 14.2 Å². The molecular weight excluding hydrogens is 262 g/mol. The van der Waals surface area contributed by atoms with Crippen LogP contribution in [-0.2, 0) is 0 Å². The second-order valence-electron chi connectivity index (χ2n) is 5.10. The average molecular weight is 285 g/mol. The third-order valence-electron chi connectivity index (χ3n) is 3.86. The van der Waals surface area contributed by atoms with Crippen LogP contribution in [0.4, 0.5) is 0 Å². The van der Waals surface area contributed by atoms with Gasteiger partial charge in [0.05, 0.1) is 14.2 Å². The summed E-state index contributed by atoms with van der Waals surface area (Å²) in [5, 5.41) is 0. The summed E-state index contributed by atoms with van der Waals surface area (Å²) in [4.78, 5) is 0. The molecule has 21 heavy (non-hydrogen) atoms. The highest BCUT2D eigenvalue weighted by atomic mass is 16.5. The molecule has 0 aliphatic carbocycles. The van der Waals surface area contributed by atoms with Crippen molar-refractivity contribution >= 4 is 0 Å². The second-order valence-corrected chi connectivity index (χ2v) is 5.10. The van der Waals surface area contributed by atoms with Crippen LogP contribution in [0.5, 0.6) is 11.5 Å². The van der Waals surface area contributed by atoms with Gasteiger partial charge in [-0.25, -0.2) is 0 Å². The van der Waals surface area contributed by atoms with Crippen molar-refractivity contribution in [3.8, 4) is 11.5 Å². The number of methoxy groups -OCH3 is 2. The summed E-state index contributed by atoms with van der Waals surface area (Å²) in [6, 6.07) is 16.1. The van der Waals surface area contributed by atoms with Gasteiger partial charge in [0, 0.05) is 18.0 Å². The lowest BCUT2D eigenvalue weighted by Crippen LogP contribution is -2.19. The van der Waals surface area contributed by atoms with Crippen molar-refractivity contribution in [1.29, 1.82) is 0 Å². The zero-order valence-corrected chi connectivity index (χ0v) is 12.9. The molecule has 2 rings (SSSR count). The zero-order valence-electron chi connectivity index (χ0n) is 12.9. The van der Waals surface area contributed by atoms with Gasteiger partial charge in [-0.15, -0.1) is 0 Å². The number of nitrogens with two attached hydrogens (primary N) is 1. The van der Waals surface area contributed by atoms with Crippen molar-refractivity contribution in [1.82, 2.24) is 0 Å². The average Bonchev–Trinajstić information content (AvgIpc) is 2.55. The molecular formula is C18H23NO2. The highest BCUT2D eigenvalue weighted by Gasteiger charge is 2.20. The van der Waals surface area contributed by atoms with Gasteiger partial charge in [0.2, 0.25) is 0 Å². The topological polar surface area (TPSA) is 44.5 Å². The summed E-state index contributed by atoms with van der Waals surface area (Å²) in [5.41, 5.74) is 8.81. The van der Waals surface area contributed by atoms with Crippen molar-refractivity contribution in [2.24, 2.45) is 5.73 Å². The number of hydrogen-bond donors (Lipinski definition) is 1. The molecule has 2 aromatic carbocycles. The van der Waals surface area contributed by atoms with Gasteiger partial charge in [0.15, 0.2) is 0 Å². The van der Waals surface area contributed by atoms with E-state index in [0.29, 0.717) is 0 Å². The van der Waals surface area contributed by atoms with Crippen LogP contribution in [0.15, 0.2) is 48.5 Å². The monoisotopic (exact) mass is 285 g/mol. The van der Waals surface area contributed by atoms with Gasteiger partial charge >= 0.3 is 0 Å². The smallest absolute Gasteiger partial charge is 0.122 e. The molecule has 2 atom stereocenters. The van der Waals surface area contributed by atoms with E-state index < -0.39 is 0 Å². The van der Waals surface area contributed by atoms with Gasteiger partial charge in [-0.05, 0) is 29.7 Å². The quantitative estimate of drug-likeness (QED) is 0.875. The minimum absolute atomic E-state index is 0.0959. The Morgan fingerprint density at radius 2 is 1.48 bits per heavy atom. The first-order valence-corrected chi connectivity index (χ1v) is 7.23. The summed E-state index contributed by atoms with van der Waals surface area (Å²) in [5.74, 6) is 1.80. The number of benzene rings is 2. The van der Waals surface area contributed by atoms with Crippen molar-refractivity contribution < 1.29 is 9.47 Å². The lowest BCUT2D eigenvalue weighted by atomic mass is 9.85. The molecule has 0 spiro atoms. The van der Waals surface area contributed by atoms with Crippen LogP contribution in [0.1, 0.15) is 36.4 Å². The maximum Gasteiger partial charge on any atom is 0.122 e. The zero-order chi connectivity index (χ0) is 15.2. The summed E-state index contributed by atoms with van der Waals surface area (Å²) in [6.45, 7) is 2.16. The largest absolute Gasteiger partial charge is 0.497 e. The lowest BCUT2D eigenvalue weighted by Gasteiger charge is -2.24. The highest BCUT2D eigenvalue weighted by molar-refractivity contribution is 5.41. The SMILES string of the molecule is CCC(c1ccccc1)C(N)c1cc(OC)cc(OC)c1. The van der Waals surface area contributed by atoms with E-state index in [0.717, 1.165) is 23.5 Å². The normalized spacial score (nSPS) is 13.5. The third kappa shape index (κ3) is 3.56. The molecule has 0 radical (unpaired) electrons. The van der Waals surface area contributed by atoms with Crippen molar-refractivity contribution in [2.45, 2.75) is 25.3 Å². The molecule has 0 saturated carbocycles. The molecule has 0 bridgehead atoms. The standard InChI is InChI=1S/C18H23NO2/c1-4-17(13-8-6-5-7-9-13)18(19)14-10-15(20-2)12-16(11-14)21-3/h5-12,17-18H,4,19H2,1-3H3. The summed E-state index contributed by atoms with van der Waals surface area (Å²) in [6.07, 6.45) is 0.977. The maximum atomic E-state index is 6.52. The fourth-order valence-corrected chi connectivity index (χ4v) is 2.65. The van der Waals surface area contributed by atoms with E-state index in [4.69, 9.17) is 15.2 Å². The van der Waals surface area contributed by atoms with Gasteiger partial charge in [-0.3, -0.25) is 0 Å². The van der Waals surface area contributed by atoms with Gasteiger partial charge < -0.3 is 15.2 Å². The van der Waals surface area contributed by atoms with Crippen LogP contribution >= 0.6 is 0 Å². The first-order chi connectivity index (χ1) is 10.2. The van der Waals surface area contributed by atoms with Crippen LogP contribution < -0.4 is 15.2 Å². The minimum Gasteiger partial charge on any atom is -0.497 e. The van der Waals surface area contributed by atoms with E-state index in [-0.39, 0.29) is 12.0 Å². The minimum atomic E-state index is -0.0959. The maximum absolute atomic E-state index is 6.52. The predicted molar refractivity (Wildman–Crippen MR) is 85.9 cm³/mol. The molecule has 2 aromatic rings. The van der Waals surface area contributed by atoms with Gasteiger partial charge in [-0.1, -0.05) is 37.3 Å². The van der Waals surface area contributed by atoms with Crippen LogP contribution in [0.2, 0.25) is 0 Å². The number of hydrogen-bond acceptors (Lipinski definition) is 3. The van der Waals surface area contributed by atoms with Crippen LogP contribution in [0.25, 0.3) is 0 Å². The molecule has 0 amide bonds. The Morgan fingerprint density at radius 3 is 1.95 bits per heavy atom. The van der Waals surface area contributed by atoms with E-state index in [1.165, 1.54) is 5.56 Å². The van der Waals surface area contributed by atoms with Crippen molar-refractivity contribution in [2.75, 3.05) is 14.2 Å². The summed E-state index contributed by atoms with van der Waals surface area (Å²) < 4.78 is 10.7. The highest BCUT2D eigenvalue weighted by Crippen LogP contribution is 2.35. The van der Waals surface area contributed by atoms with Crippen molar-refractivity contribution in [3.63, 3.8) is 0 Å². The molecule has 0 aliphatic heterocycles. The lowest BCUT2D eigenvalue weighted by molar-refractivity contribution is 0.391. The van der Waals surface area contributed by atoms with Gasteiger partial charge in [0.1, 0.15) is 11.5 Å². The fourth-order valence-electron chi connectivity index (χ4n) is 2.65. The Hall–Kier alpha value is -2.00. The molecule has 3 nitrogen and oxygen atoms in total. The van der Waals surface area contributed by atoms with Crippen LogP contribution in [0.3, 0.4) is 0 Å². The Labute approximate surface area is 126 Å². The number of ether oxygens (including phenoxy) is 2. The van der Waals surface area contributed by atoms with E-state index in [9.17, 15) is 0 Å². The molecule has 0 heterocycles. The number of rotatable bonds is 6. The first kappa shape index (κ1) is 15.4. The molecule has 0 aliphatic rings. The molecule has 3 heteroatoms. The van der Waals surface area contributed by atoms with Crippen LogP contribution in [0, 0.1) is 0 Å². The molecule has 2 N–H and O–H groups in total. The Balaban J connectivity index is 2.35. The Kier molecular flexibility index (Phi) is 5.23. The van der Waals surface area contributed by atoms with Crippen molar-refractivity contribution in [3.05, 3.63) is 59.7 Å². The van der Waals surface area contributed by atoms with E-state index in [1.807, 2.05) is 24.3 Å².